The van der Waals surface area contributed by atoms with E-state index in [1.807, 2.05) is 43.3 Å². The van der Waals surface area contributed by atoms with Crippen LogP contribution in [-0.4, -0.2) is 26.6 Å². The minimum absolute atomic E-state index is 0.0847. The lowest BCUT2D eigenvalue weighted by atomic mass is 10.1. The lowest BCUT2D eigenvalue weighted by Crippen LogP contribution is -2.26. The first-order valence-electron chi connectivity index (χ1n) is 10.1. The van der Waals surface area contributed by atoms with Crippen LogP contribution in [0.3, 0.4) is 0 Å². The summed E-state index contributed by atoms with van der Waals surface area (Å²) in [4.78, 5) is 12.7. The summed E-state index contributed by atoms with van der Waals surface area (Å²) in [5.74, 6) is 1.16. The van der Waals surface area contributed by atoms with Crippen LogP contribution < -0.4 is 10.0 Å². The van der Waals surface area contributed by atoms with E-state index in [0.717, 1.165) is 21.9 Å². The van der Waals surface area contributed by atoms with E-state index in [9.17, 15) is 13.2 Å². The van der Waals surface area contributed by atoms with Gasteiger partial charge in [-0.25, -0.2) is 8.42 Å². The van der Waals surface area contributed by atoms with Gasteiger partial charge in [-0.3, -0.25) is 9.52 Å². The number of aryl methyl sites for hydroxylation is 2. The molecule has 0 saturated carbocycles. The molecule has 0 aliphatic rings. The van der Waals surface area contributed by atoms with Gasteiger partial charge in [0.2, 0.25) is 0 Å². The molecule has 3 rings (SSSR count). The highest BCUT2D eigenvalue weighted by molar-refractivity contribution is 7.98. The topological polar surface area (TPSA) is 75.3 Å². The lowest BCUT2D eigenvalue weighted by Gasteiger charge is -2.13. The Morgan fingerprint density at radius 3 is 2.44 bits per heavy atom. The molecule has 0 heterocycles. The smallest absolute Gasteiger partial charge is 0.262 e. The maximum absolute atomic E-state index is 13.0. The maximum Gasteiger partial charge on any atom is 0.262 e. The van der Waals surface area contributed by atoms with Crippen molar-refractivity contribution in [3.05, 3.63) is 94.0 Å². The van der Waals surface area contributed by atoms with Gasteiger partial charge in [0.05, 0.1) is 10.6 Å². The summed E-state index contributed by atoms with van der Waals surface area (Å²) in [5, 5.41) is 3.58. The predicted octanol–water partition coefficient (Wildman–Crippen LogP) is 5.42. The van der Waals surface area contributed by atoms with Crippen molar-refractivity contribution in [3.8, 4) is 0 Å². The Balaban J connectivity index is 1.61. The Morgan fingerprint density at radius 2 is 1.69 bits per heavy atom. The third-order valence-electron chi connectivity index (χ3n) is 4.88. The summed E-state index contributed by atoms with van der Waals surface area (Å²) in [5.41, 5.74) is 3.25. The van der Waals surface area contributed by atoms with Crippen LogP contribution in [0.1, 0.15) is 27.0 Å². The number of halogens is 1. The minimum atomic E-state index is -3.83. The van der Waals surface area contributed by atoms with Crippen LogP contribution in [0.4, 0.5) is 5.69 Å². The lowest BCUT2D eigenvalue weighted by molar-refractivity contribution is 0.0956. The molecule has 0 fully saturated rings. The van der Waals surface area contributed by atoms with Crippen LogP contribution in [0.2, 0.25) is 5.02 Å². The van der Waals surface area contributed by atoms with Crippen LogP contribution in [0, 0.1) is 13.8 Å². The molecule has 0 aliphatic carbocycles. The van der Waals surface area contributed by atoms with Gasteiger partial charge in [-0.2, -0.15) is 11.8 Å². The van der Waals surface area contributed by atoms with E-state index < -0.39 is 10.0 Å². The third kappa shape index (κ3) is 6.28. The first kappa shape index (κ1) is 24.2. The number of rotatable bonds is 9. The van der Waals surface area contributed by atoms with Crippen LogP contribution in [0.5, 0.6) is 0 Å². The molecule has 0 saturated heterocycles. The Bertz CT molecular complexity index is 1210. The number of carbonyl (C=O) groups is 1. The molecule has 1 amide bonds. The molecule has 0 unspecified atom stereocenters. The van der Waals surface area contributed by atoms with Gasteiger partial charge in [0, 0.05) is 28.6 Å². The normalized spacial score (nSPS) is 11.2. The fourth-order valence-corrected chi connectivity index (χ4v) is 5.60. The number of thioether (sulfide) groups is 1. The number of anilines is 1. The molecule has 168 valence electrons. The Labute approximate surface area is 198 Å². The molecule has 0 bridgehead atoms. The Hall–Kier alpha value is -2.48. The molecule has 2 N–H and O–H groups in total. The fourth-order valence-electron chi connectivity index (χ4n) is 3.05. The van der Waals surface area contributed by atoms with Crippen molar-refractivity contribution < 1.29 is 13.2 Å². The van der Waals surface area contributed by atoms with Gasteiger partial charge < -0.3 is 5.32 Å². The van der Waals surface area contributed by atoms with Gasteiger partial charge >= 0.3 is 0 Å². The van der Waals surface area contributed by atoms with Gasteiger partial charge in [0.15, 0.2) is 0 Å². The van der Waals surface area contributed by atoms with E-state index in [1.165, 1.54) is 6.07 Å². The maximum atomic E-state index is 13.0. The van der Waals surface area contributed by atoms with Gasteiger partial charge in [-0.1, -0.05) is 54.1 Å². The minimum Gasteiger partial charge on any atom is -0.351 e. The molecule has 5 nitrogen and oxygen atoms in total. The summed E-state index contributed by atoms with van der Waals surface area (Å²) in [6.07, 6.45) is 0. The van der Waals surface area contributed by atoms with Crippen LogP contribution >= 0.6 is 23.4 Å². The first-order chi connectivity index (χ1) is 15.3. The SMILES string of the molecule is Cc1ccccc1NS(=O)(=O)c1cc(C(=O)NCCSCc2ccccc2Cl)ccc1C. The van der Waals surface area contributed by atoms with E-state index >= 15 is 0 Å². The molecule has 3 aromatic carbocycles. The summed E-state index contributed by atoms with van der Waals surface area (Å²) < 4.78 is 28.5. The highest BCUT2D eigenvalue weighted by Crippen LogP contribution is 2.23. The van der Waals surface area contributed by atoms with Crippen molar-refractivity contribution in [3.63, 3.8) is 0 Å². The van der Waals surface area contributed by atoms with Crippen molar-refractivity contribution in [2.75, 3.05) is 17.0 Å². The first-order valence-corrected chi connectivity index (χ1v) is 13.1. The number of carbonyl (C=O) groups excluding carboxylic acids is 1. The number of hydrogen-bond acceptors (Lipinski definition) is 4. The predicted molar refractivity (Wildman–Crippen MR) is 133 cm³/mol. The van der Waals surface area contributed by atoms with E-state index in [4.69, 9.17) is 11.6 Å². The largest absolute Gasteiger partial charge is 0.351 e. The second-order valence-corrected chi connectivity index (χ2v) is 10.5. The van der Waals surface area contributed by atoms with Gasteiger partial charge in [0.25, 0.3) is 15.9 Å². The molecule has 0 spiro atoms. The molecular formula is C24H25ClN2O3S2. The zero-order chi connectivity index (χ0) is 23.1. The zero-order valence-corrected chi connectivity index (χ0v) is 20.3. The van der Waals surface area contributed by atoms with Crippen LogP contribution in [0.15, 0.2) is 71.6 Å². The number of amides is 1. The van der Waals surface area contributed by atoms with Crippen molar-refractivity contribution in [2.24, 2.45) is 0 Å². The summed E-state index contributed by atoms with van der Waals surface area (Å²) in [7, 11) is -3.83. The summed E-state index contributed by atoms with van der Waals surface area (Å²) >= 11 is 7.82. The Morgan fingerprint density at radius 1 is 0.969 bits per heavy atom. The fraction of sp³-hybridized carbons (Fsp3) is 0.208. The average Bonchev–Trinajstić information content (AvgIpc) is 2.76. The molecule has 0 aromatic heterocycles. The molecular weight excluding hydrogens is 464 g/mol. The monoisotopic (exact) mass is 488 g/mol. The van der Waals surface area contributed by atoms with Gasteiger partial charge in [0.1, 0.15) is 0 Å². The molecule has 0 aliphatic heterocycles. The van der Waals surface area contributed by atoms with E-state index in [-0.39, 0.29) is 10.8 Å². The van der Waals surface area contributed by atoms with Crippen molar-refractivity contribution >= 4 is 45.0 Å². The third-order valence-corrected chi connectivity index (χ3v) is 7.76. The second kappa shape index (κ2) is 10.9. The standard InChI is InChI=1S/C24H25ClN2O3S2/c1-17-7-3-6-10-22(17)27-32(29,30)23-15-19(12-11-18(23)2)24(28)26-13-14-31-16-20-8-4-5-9-21(20)25/h3-12,15,27H,13-14,16H2,1-2H3,(H,26,28). The van der Waals surface area contributed by atoms with E-state index in [1.54, 1.807) is 43.0 Å². The number of nitrogens with one attached hydrogen (secondary N) is 2. The van der Waals surface area contributed by atoms with Gasteiger partial charge in [-0.05, 0) is 54.8 Å². The quantitative estimate of drug-likeness (QED) is 0.394. The molecule has 32 heavy (non-hydrogen) atoms. The highest BCUT2D eigenvalue weighted by Gasteiger charge is 2.20. The molecule has 3 aromatic rings. The number of benzene rings is 3. The van der Waals surface area contributed by atoms with Crippen molar-refractivity contribution in [1.29, 1.82) is 0 Å². The van der Waals surface area contributed by atoms with Crippen molar-refractivity contribution in [1.82, 2.24) is 5.32 Å². The summed E-state index contributed by atoms with van der Waals surface area (Å²) in [6, 6.07) is 19.5. The molecule has 0 radical (unpaired) electrons. The van der Waals surface area contributed by atoms with Crippen LogP contribution in [-0.2, 0) is 15.8 Å². The second-order valence-electron chi connectivity index (χ2n) is 7.30. The molecule has 8 heteroatoms. The van der Waals surface area contributed by atoms with Crippen LogP contribution in [0.25, 0.3) is 0 Å². The van der Waals surface area contributed by atoms with E-state index in [0.29, 0.717) is 29.1 Å². The average molecular weight is 489 g/mol. The Kier molecular flexibility index (Phi) is 8.23. The molecule has 0 atom stereocenters. The summed E-state index contributed by atoms with van der Waals surface area (Å²) in [6.45, 7) is 4.00. The van der Waals surface area contributed by atoms with Crippen molar-refractivity contribution in [2.45, 2.75) is 24.5 Å². The van der Waals surface area contributed by atoms with Gasteiger partial charge in [-0.15, -0.1) is 0 Å². The number of sulfonamides is 1. The highest BCUT2D eigenvalue weighted by atomic mass is 35.5. The van der Waals surface area contributed by atoms with E-state index in [2.05, 4.69) is 10.0 Å². The number of para-hydroxylation sites is 1. The zero-order valence-electron chi connectivity index (χ0n) is 17.9. The number of hydrogen-bond donors (Lipinski definition) is 2.